The summed E-state index contributed by atoms with van der Waals surface area (Å²) in [5.74, 6) is 0.783. The van der Waals surface area contributed by atoms with Crippen LogP contribution in [0.25, 0.3) is 0 Å². The molecule has 17 heavy (non-hydrogen) atoms. The van der Waals surface area contributed by atoms with E-state index in [0.29, 0.717) is 6.04 Å². The van der Waals surface area contributed by atoms with E-state index in [0.717, 1.165) is 23.4 Å². The van der Waals surface area contributed by atoms with Crippen LogP contribution >= 0.6 is 15.9 Å². The number of aromatic nitrogens is 1. The van der Waals surface area contributed by atoms with Gasteiger partial charge in [-0.2, -0.15) is 0 Å². The Labute approximate surface area is 109 Å². The molecule has 1 N–H and O–H groups in total. The maximum absolute atomic E-state index is 12.0. The number of piperidine rings is 1. The van der Waals surface area contributed by atoms with E-state index in [1.54, 1.807) is 17.0 Å². The maximum atomic E-state index is 12.0. The third kappa shape index (κ3) is 2.40. The van der Waals surface area contributed by atoms with Crippen molar-refractivity contribution < 1.29 is 4.79 Å². The minimum absolute atomic E-state index is 0.0248. The third-order valence-corrected chi connectivity index (χ3v) is 4.15. The van der Waals surface area contributed by atoms with Gasteiger partial charge in [0, 0.05) is 36.0 Å². The SMILES string of the molecule is O=C(NC1CC2CCN(C2)C1)n1ccc(Br)c1. The largest absolute Gasteiger partial charge is 0.333 e. The lowest BCUT2D eigenvalue weighted by atomic mass is 9.97. The van der Waals surface area contributed by atoms with Gasteiger partial charge in [0.2, 0.25) is 0 Å². The van der Waals surface area contributed by atoms with E-state index in [9.17, 15) is 4.79 Å². The standard InChI is InChI=1S/C12H16BrN3O/c13-10-2-4-16(7-10)12(17)14-11-5-9-1-3-15(6-9)8-11/h2,4,7,9,11H,1,3,5-6,8H2,(H,14,17). The zero-order valence-corrected chi connectivity index (χ0v) is 11.2. The molecule has 1 aromatic heterocycles. The quantitative estimate of drug-likeness (QED) is 0.860. The first kappa shape index (κ1) is 11.3. The third-order valence-electron chi connectivity index (χ3n) is 3.69. The minimum Gasteiger partial charge on any atom is -0.333 e. The Kier molecular flexibility index (Phi) is 2.96. The molecule has 0 aromatic carbocycles. The molecule has 0 saturated carbocycles. The summed E-state index contributed by atoms with van der Waals surface area (Å²) >= 11 is 3.35. The monoisotopic (exact) mass is 297 g/mol. The van der Waals surface area contributed by atoms with Crippen molar-refractivity contribution in [3.8, 4) is 0 Å². The number of carbonyl (C=O) groups is 1. The predicted octanol–water partition coefficient (Wildman–Crippen LogP) is 1.90. The number of nitrogens with zero attached hydrogens (tertiary/aromatic N) is 2. The van der Waals surface area contributed by atoms with Crippen LogP contribution in [0, 0.1) is 5.92 Å². The minimum atomic E-state index is -0.0248. The highest BCUT2D eigenvalue weighted by molar-refractivity contribution is 9.10. The molecule has 0 aliphatic carbocycles. The number of nitrogens with one attached hydrogen (secondary N) is 1. The summed E-state index contributed by atoms with van der Waals surface area (Å²) in [5.41, 5.74) is 0. The zero-order valence-electron chi connectivity index (χ0n) is 9.60. The van der Waals surface area contributed by atoms with Crippen molar-refractivity contribution in [3.63, 3.8) is 0 Å². The Hall–Kier alpha value is -0.810. The normalized spacial score (nSPS) is 31.5. The predicted molar refractivity (Wildman–Crippen MR) is 69.0 cm³/mol. The molecule has 5 heteroatoms. The van der Waals surface area contributed by atoms with Gasteiger partial charge in [0.25, 0.3) is 0 Å². The molecule has 2 saturated heterocycles. The number of carbonyl (C=O) groups excluding carboxylic acids is 1. The molecule has 1 aromatic rings. The van der Waals surface area contributed by atoms with Gasteiger partial charge < -0.3 is 10.2 Å². The highest BCUT2D eigenvalue weighted by Crippen LogP contribution is 2.26. The second-order valence-electron chi connectivity index (χ2n) is 5.03. The summed E-state index contributed by atoms with van der Waals surface area (Å²) in [4.78, 5) is 14.4. The van der Waals surface area contributed by atoms with Crippen molar-refractivity contribution in [1.82, 2.24) is 14.8 Å². The summed E-state index contributed by atoms with van der Waals surface area (Å²) in [6.45, 7) is 3.43. The lowest BCUT2D eigenvalue weighted by molar-refractivity contribution is 0.206. The molecule has 0 radical (unpaired) electrons. The van der Waals surface area contributed by atoms with E-state index in [-0.39, 0.29) is 6.03 Å². The fourth-order valence-electron chi connectivity index (χ4n) is 2.91. The van der Waals surface area contributed by atoms with Gasteiger partial charge in [-0.3, -0.25) is 4.57 Å². The van der Waals surface area contributed by atoms with Crippen LogP contribution in [0.1, 0.15) is 12.8 Å². The van der Waals surface area contributed by atoms with Gasteiger partial charge in [0.15, 0.2) is 0 Å². The van der Waals surface area contributed by atoms with E-state index in [2.05, 4.69) is 26.1 Å². The van der Waals surface area contributed by atoms with Crippen LogP contribution in [0.2, 0.25) is 0 Å². The van der Waals surface area contributed by atoms with Crippen LogP contribution in [-0.4, -0.2) is 41.2 Å². The van der Waals surface area contributed by atoms with Crippen molar-refractivity contribution in [2.24, 2.45) is 5.92 Å². The zero-order chi connectivity index (χ0) is 11.8. The van der Waals surface area contributed by atoms with E-state index < -0.39 is 0 Å². The Morgan fingerprint density at radius 1 is 1.47 bits per heavy atom. The molecular weight excluding hydrogens is 282 g/mol. The van der Waals surface area contributed by atoms with Gasteiger partial charge in [-0.1, -0.05) is 0 Å². The Morgan fingerprint density at radius 3 is 3.06 bits per heavy atom. The lowest BCUT2D eigenvalue weighted by Gasteiger charge is -2.30. The average Bonchev–Trinajstić information content (AvgIpc) is 2.85. The topological polar surface area (TPSA) is 37.3 Å². The first-order valence-corrected chi connectivity index (χ1v) is 6.87. The smallest absolute Gasteiger partial charge is 0.325 e. The molecule has 3 rings (SSSR count). The molecule has 3 atom stereocenters. The molecule has 4 nitrogen and oxygen atoms in total. The second-order valence-corrected chi connectivity index (χ2v) is 5.95. The maximum Gasteiger partial charge on any atom is 0.325 e. The highest BCUT2D eigenvalue weighted by atomic mass is 79.9. The molecular formula is C12H16BrN3O. The van der Waals surface area contributed by atoms with E-state index in [1.807, 2.05) is 6.07 Å². The van der Waals surface area contributed by atoms with Crippen LogP contribution in [0.15, 0.2) is 22.9 Å². The number of rotatable bonds is 1. The Balaban J connectivity index is 1.62. The van der Waals surface area contributed by atoms with Crippen molar-refractivity contribution >= 4 is 22.0 Å². The van der Waals surface area contributed by atoms with Crippen molar-refractivity contribution in [2.45, 2.75) is 18.9 Å². The number of amides is 1. The van der Waals surface area contributed by atoms with Crippen LogP contribution in [-0.2, 0) is 0 Å². The van der Waals surface area contributed by atoms with Crippen LogP contribution in [0.5, 0.6) is 0 Å². The lowest BCUT2D eigenvalue weighted by Crippen LogP contribution is -2.47. The van der Waals surface area contributed by atoms with E-state index in [4.69, 9.17) is 0 Å². The van der Waals surface area contributed by atoms with E-state index >= 15 is 0 Å². The molecule has 2 bridgehead atoms. The molecule has 2 aliphatic heterocycles. The van der Waals surface area contributed by atoms with E-state index in [1.165, 1.54) is 19.5 Å². The van der Waals surface area contributed by atoms with Crippen molar-refractivity contribution in [2.75, 3.05) is 19.6 Å². The number of fused-ring (bicyclic) bond motifs is 2. The summed E-state index contributed by atoms with van der Waals surface area (Å²) < 4.78 is 2.52. The van der Waals surface area contributed by atoms with Gasteiger partial charge in [-0.15, -0.1) is 0 Å². The van der Waals surface area contributed by atoms with Crippen LogP contribution in [0.3, 0.4) is 0 Å². The summed E-state index contributed by atoms with van der Waals surface area (Å²) in [7, 11) is 0. The van der Waals surface area contributed by atoms with Crippen LogP contribution < -0.4 is 5.32 Å². The molecule has 2 aliphatic rings. The fraction of sp³-hybridized carbons (Fsp3) is 0.583. The summed E-state index contributed by atoms with van der Waals surface area (Å²) in [6, 6.07) is 2.15. The molecule has 0 spiro atoms. The van der Waals surface area contributed by atoms with Gasteiger partial charge in [0.05, 0.1) is 0 Å². The van der Waals surface area contributed by atoms with Gasteiger partial charge >= 0.3 is 6.03 Å². The highest BCUT2D eigenvalue weighted by Gasteiger charge is 2.32. The second kappa shape index (κ2) is 4.46. The molecule has 92 valence electrons. The van der Waals surface area contributed by atoms with Gasteiger partial charge in [-0.05, 0) is 47.3 Å². The first-order valence-electron chi connectivity index (χ1n) is 6.07. The van der Waals surface area contributed by atoms with Crippen LogP contribution in [0.4, 0.5) is 4.79 Å². The van der Waals surface area contributed by atoms with Crippen molar-refractivity contribution in [1.29, 1.82) is 0 Å². The van der Waals surface area contributed by atoms with Gasteiger partial charge in [-0.25, -0.2) is 4.79 Å². The summed E-state index contributed by atoms with van der Waals surface area (Å²) in [6.07, 6.45) is 5.98. The molecule has 3 heterocycles. The first-order chi connectivity index (χ1) is 8.20. The number of halogens is 1. The van der Waals surface area contributed by atoms with Crippen molar-refractivity contribution in [3.05, 3.63) is 22.9 Å². The molecule has 2 fully saturated rings. The number of hydrogen-bond acceptors (Lipinski definition) is 2. The fourth-order valence-corrected chi connectivity index (χ4v) is 3.25. The summed E-state index contributed by atoms with van der Waals surface area (Å²) in [5, 5.41) is 3.11. The molecule has 1 amide bonds. The average molecular weight is 298 g/mol. The van der Waals surface area contributed by atoms with Gasteiger partial charge in [0.1, 0.15) is 0 Å². The Bertz CT molecular complexity index is 419. The Morgan fingerprint density at radius 2 is 2.35 bits per heavy atom. The number of hydrogen-bond donors (Lipinski definition) is 1. The molecule has 3 unspecified atom stereocenters.